The van der Waals surface area contributed by atoms with Crippen molar-refractivity contribution in [2.45, 2.75) is 3.74 Å². The van der Waals surface area contributed by atoms with E-state index in [1.807, 2.05) is 36.4 Å². The highest BCUT2D eigenvalue weighted by Crippen LogP contribution is 2.31. The van der Waals surface area contributed by atoms with Gasteiger partial charge in [0.2, 0.25) is 11.6 Å². The molecule has 3 rings (SSSR count). The van der Waals surface area contributed by atoms with Gasteiger partial charge in [0.15, 0.2) is 0 Å². The van der Waals surface area contributed by atoms with E-state index in [4.69, 9.17) is 4.42 Å². The first-order chi connectivity index (χ1) is 8.74. The number of pyridine rings is 1. The number of hydrogen-bond donors (Lipinski definition) is 0. The van der Waals surface area contributed by atoms with Crippen LogP contribution in [0.2, 0.25) is 0 Å². The highest BCUT2D eigenvalue weighted by Gasteiger charge is 2.11. The molecule has 0 aliphatic carbocycles. The van der Waals surface area contributed by atoms with Crippen molar-refractivity contribution in [3.05, 3.63) is 48.2 Å². The Morgan fingerprint density at radius 1 is 1.11 bits per heavy atom. The molecule has 1 aromatic carbocycles. The van der Waals surface area contributed by atoms with Crippen LogP contribution in [0.4, 0.5) is 0 Å². The lowest BCUT2D eigenvalue weighted by Gasteiger charge is -1.98. The van der Waals surface area contributed by atoms with E-state index in [9.17, 15) is 0 Å². The van der Waals surface area contributed by atoms with Crippen molar-refractivity contribution in [2.24, 2.45) is 0 Å². The van der Waals surface area contributed by atoms with Crippen molar-refractivity contribution in [2.75, 3.05) is 0 Å². The summed E-state index contributed by atoms with van der Waals surface area (Å²) in [4.78, 5) is 8.71. The fraction of sp³-hybridized carbons (Fsp3) is 0.0769. The maximum absolute atomic E-state index is 5.64. The Kier molecular flexibility index (Phi) is 3.18. The van der Waals surface area contributed by atoms with Crippen molar-refractivity contribution in [1.82, 2.24) is 9.97 Å². The Hall–Kier alpha value is -1.20. The molecule has 0 amide bonds. The normalized spacial score (nSPS) is 11.3. The van der Waals surface area contributed by atoms with E-state index >= 15 is 0 Å². The largest absolute Gasteiger partial charge is 0.418 e. The minimum atomic E-state index is 0.0683. The molecule has 0 aliphatic heterocycles. The molecule has 2 aromatic heterocycles. The number of benzene rings is 1. The summed E-state index contributed by atoms with van der Waals surface area (Å²) in [6, 6.07) is 11.7. The highest BCUT2D eigenvalue weighted by atomic mass is 79.9. The number of fused-ring (bicyclic) bond motifs is 1. The number of rotatable bonds is 2. The first-order valence-electron chi connectivity index (χ1n) is 5.34. The van der Waals surface area contributed by atoms with E-state index in [2.05, 4.69) is 41.8 Å². The van der Waals surface area contributed by atoms with Crippen LogP contribution in [0.1, 0.15) is 9.30 Å². The quantitative estimate of drug-likeness (QED) is 0.617. The number of nitrogens with zero attached hydrogens (tertiary/aromatic N) is 2. The van der Waals surface area contributed by atoms with Gasteiger partial charge in [0, 0.05) is 11.8 Å². The van der Waals surface area contributed by atoms with Crippen LogP contribution in [0.15, 0.2) is 47.0 Å². The molecule has 3 nitrogen and oxygen atoms in total. The molecule has 0 saturated heterocycles. The average molecular weight is 368 g/mol. The van der Waals surface area contributed by atoms with Gasteiger partial charge < -0.3 is 4.42 Å². The molecule has 5 heteroatoms. The Labute approximate surface area is 121 Å². The molecule has 0 bridgehead atoms. The Morgan fingerprint density at radius 3 is 2.61 bits per heavy atom. The van der Waals surface area contributed by atoms with Crippen LogP contribution >= 0.6 is 31.9 Å². The van der Waals surface area contributed by atoms with Gasteiger partial charge in [0.05, 0.1) is 3.74 Å². The van der Waals surface area contributed by atoms with E-state index in [1.54, 1.807) is 6.20 Å². The van der Waals surface area contributed by atoms with Crippen LogP contribution < -0.4 is 0 Å². The minimum Gasteiger partial charge on any atom is -0.418 e. The van der Waals surface area contributed by atoms with Crippen molar-refractivity contribution in [3.63, 3.8) is 0 Å². The van der Waals surface area contributed by atoms with Crippen molar-refractivity contribution >= 4 is 43.1 Å². The van der Waals surface area contributed by atoms with Crippen LogP contribution in [-0.4, -0.2) is 9.97 Å². The van der Waals surface area contributed by atoms with Gasteiger partial charge in [0.25, 0.3) is 0 Å². The van der Waals surface area contributed by atoms with Gasteiger partial charge in [-0.25, -0.2) is 9.97 Å². The van der Waals surface area contributed by atoms with E-state index < -0.39 is 0 Å². The molecule has 0 atom stereocenters. The lowest BCUT2D eigenvalue weighted by atomic mass is 10.2. The maximum Gasteiger partial charge on any atom is 0.247 e. The molecule has 0 unspecified atom stereocenters. The lowest BCUT2D eigenvalue weighted by Crippen LogP contribution is -1.83. The van der Waals surface area contributed by atoms with Gasteiger partial charge in [-0.05, 0) is 23.8 Å². The molecule has 0 spiro atoms. The molecule has 3 aromatic rings. The van der Waals surface area contributed by atoms with E-state index in [1.165, 1.54) is 0 Å². The van der Waals surface area contributed by atoms with Crippen LogP contribution in [0.25, 0.3) is 22.7 Å². The number of hydrogen-bond acceptors (Lipinski definition) is 3. The number of halogens is 2. The molecular formula is C13H8Br2N2O. The zero-order chi connectivity index (χ0) is 12.5. The summed E-state index contributed by atoms with van der Waals surface area (Å²) in [7, 11) is 0. The van der Waals surface area contributed by atoms with Crippen LogP contribution in [0.3, 0.4) is 0 Å². The molecular weight excluding hydrogens is 360 g/mol. The molecule has 18 heavy (non-hydrogen) atoms. The first kappa shape index (κ1) is 11.9. The highest BCUT2D eigenvalue weighted by molar-refractivity contribution is 9.24. The van der Waals surface area contributed by atoms with E-state index in [-0.39, 0.29) is 3.74 Å². The van der Waals surface area contributed by atoms with Crippen LogP contribution in [-0.2, 0) is 0 Å². The van der Waals surface area contributed by atoms with Gasteiger partial charge in [-0.3, -0.25) is 0 Å². The van der Waals surface area contributed by atoms with Gasteiger partial charge in [-0.2, -0.15) is 0 Å². The number of alkyl halides is 2. The summed E-state index contributed by atoms with van der Waals surface area (Å²) in [6.07, 6.45) is 1.76. The average Bonchev–Trinajstić information content (AvgIpc) is 2.82. The van der Waals surface area contributed by atoms with Crippen molar-refractivity contribution < 1.29 is 4.42 Å². The van der Waals surface area contributed by atoms with Crippen molar-refractivity contribution in [1.29, 1.82) is 0 Å². The number of aromatic nitrogens is 2. The summed E-state index contributed by atoms with van der Waals surface area (Å²) < 4.78 is 5.70. The molecule has 0 radical (unpaired) electrons. The molecule has 0 N–H and O–H groups in total. The zero-order valence-electron chi connectivity index (χ0n) is 9.18. The Bertz CT molecular complexity index is 680. The predicted octanol–water partition coefficient (Wildman–Crippen LogP) is 4.68. The molecule has 90 valence electrons. The Morgan fingerprint density at radius 2 is 1.89 bits per heavy atom. The van der Waals surface area contributed by atoms with Crippen molar-refractivity contribution in [3.8, 4) is 11.5 Å². The monoisotopic (exact) mass is 366 g/mol. The second kappa shape index (κ2) is 4.82. The van der Waals surface area contributed by atoms with Gasteiger partial charge in [-0.15, -0.1) is 0 Å². The first-order valence-corrected chi connectivity index (χ1v) is 7.17. The second-order valence-corrected chi connectivity index (χ2v) is 6.84. The minimum absolute atomic E-state index is 0.0683. The third-order valence-corrected chi connectivity index (χ3v) is 3.60. The summed E-state index contributed by atoms with van der Waals surface area (Å²) in [5.41, 5.74) is 3.27. The smallest absolute Gasteiger partial charge is 0.247 e. The summed E-state index contributed by atoms with van der Waals surface area (Å²) in [5, 5.41) is 0. The Balaban J connectivity index is 2.11. The third kappa shape index (κ3) is 2.20. The summed E-state index contributed by atoms with van der Waals surface area (Å²) >= 11 is 6.88. The topological polar surface area (TPSA) is 38.9 Å². The zero-order valence-corrected chi connectivity index (χ0v) is 12.3. The fourth-order valence-electron chi connectivity index (χ4n) is 1.66. The van der Waals surface area contributed by atoms with Crippen LogP contribution in [0, 0.1) is 0 Å². The molecule has 2 heterocycles. The second-order valence-electron chi connectivity index (χ2n) is 3.78. The fourth-order valence-corrected chi connectivity index (χ4v) is 2.16. The van der Waals surface area contributed by atoms with Crippen LogP contribution in [0.5, 0.6) is 0 Å². The molecule has 0 saturated carbocycles. The predicted molar refractivity (Wildman–Crippen MR) is 77.8 cm³/mol. The van der Waals surface area contributed by atoms with E-state index in [0.717, 1.165) is 16.6 Å². The third-order valence-electron chi connectivity index (χ3n) is 2.54. The summed E-state index contributed by atoms with van der Waals surface area (Å²) in [5.74, 6) is 0.593. The van der Waals surface area contributed by atoms with Gasteiger partial charge >= 0.3 is 0 Å². The summed E-state index contributed by atoms with van der Waals surface area (Å²) in [6.45, 7) is 0. The van der Waals surface area contributed by atoms with E-state index in [0.29, 0.717) is 11.6 Å². The van der Waals surface area contributed by atoms with Gasteiger partial charge in [-0.1, -0.05) is 50.1 Å². The number of oxazole rings is 1. The standard InChI is InChI=1S/C13H8Br2N2O/c14-11(15)9-6-10-13(16-7-9)18-12(17-10)8-4-2-1-3-5-8/h1-7,11H. The molecule has 0 aliphatic rings. The van der Waals surface area contributed by atoms with Gasteiger partial charge in [0.1, 0.15) is 5.52 Å². The molecule has 0 fully saturated rings. The maximum atomic E-state index is 5.64. The SMILES string of the molecule is BrC(Br)c1cnc2oc(-c3ccccc3)nc2c1. The lowest BCUT2D eigenvalue weighted by molar-refractivity contribution is 0.607.